The van der Waals surface area contributed by atoms with Crippen LogP contribution in [-0.2, 0) is 0 Å². The summed E-state index contributed by atoms with van der Waals surface area (Å²) in [5.41, 5.74) is 1.13. The molecule has 0 aliphatic heterocycles. The van der Waals surface area contributed by atoms with E-state index < -0.39 is 18.5 Å². The molecule has 0 unspecified atom stereocenters. The summed E-state index contributed by atoms with van der Waals surface area (Å²) in [5, 5.41) is 0. The molecule has 2 nitrogen and oxygen atoms in total. The lowest BCUT2D eigenvalue weighted by Crippen LogP contribution is -2.31. The van der Waals surface area contributed by atoms with E-state index in [1.54, 1.807) is 25.1 Å². The number of alkyl halides is 3. The van der Waals surface area contributed by atoms with Gasteiger partial charge in [0.2, 0.25) is 0 Å². The molecule has 1 amide bonds. The van der Waals surface area contributed by atoms with Crippen LogP contribution >= 0.6 is 15.9 Å². The predicted octanol–water partition coefficient (Wildman–Crippen LogP) is 3.78. The van der Waals surface area contributed by atoms with Gasteiger partial charge in [-0.15, -0.1) is 0 Å². The summed E-state index contributed by atoms with van der Waals surface area (Å²) in [6.45, 7) is 1.41. The Morgan fingerprint density at radius 1 is 1.39 bits per heavy atom. The van der Waals surface area contributed by atoms with Crippen molar-refractivity contribution in [2.45, 2.75) is 19.5 Å². The third-order valence-corrected chi connectivity index (χ3v) is 3.43. The highest BCUT2D eigenvalue weighted by molar-refractivity contribution is 9.10. The summed E-state index contributed by atoms with van der Waals surface area (Å²) in [4.78, 5) is 13.1. The lowest BCUT2D eigenvalue weighted by molar-refractivity contribution is -0.136. The van der Waals surface area contributed by atoms with Crippen LogP contribution in [0, 0.1) is 6.92 Å². The minimum absolute atomic E-state index is 0.339. The normalized spacial score (nSPS) is 11.4. The molecule has 0 atom stereocenters. The average Bonchev–Trinajstić information content (AvgIpc) is 2.28. The zero-order valence-electron chi connectivity index (χ0n) is 10.0. The first kappa shape index (κ1) is 15.0. The summed E-state index contributed by atoms with van der Waals surface area (Å²) in [6.07, 6.45) is -5.25. The van der Waals surface area contributed by atoms with E-state index in [4.69, 9.17) is 0 Å². The molecule has 1 aromatic carbocycles. The van der Waals surface area contributed by atoms with Crippen LogP contribution in [0.3, 0.4) is 0 Å². The maximum Gasteiger partial charge on any atom is 0.390 e. The van der Waals surface area contributed by atoms with Crippen molar-refractivity contribution in [2.24, 2.45) is 0 Å². The number of hydrogen-bond acceptors (Lipinski definition) is 1. The maximum atomic E-state index is 12.1. The largest absolute Gasteiger partial charge is 0.390 e. The number of carbonyl (C=O) groups excluding carboxylic acids is 1. The quantitative estimate of drug-likeness (QED) is 0.829. The van der Waals surface area contributed by atoms with E-state index in [0.29, 0.717) is 5.56 Å². The van der Waals surface area contributed by atoms with Gasteiger partial charge in [0.15, 0.2) is 0 Å². The Morgan fingerprint density at radius 3 is 2.56 bits per heavy atom. The van der Waals surface area contributed by atoms with Crippen LogP contribution in [0.25, 0.3) is 0 Å². The van der Waals surface area contributed by atoms with Crippen molar-refractivity contribution in [3.63, 3.8) is 0 Å². The Hall–Kier alpha value is -1.04. The van der Waals surface area contributed by atoms with Gasteiger partial charge in [0.05, 0.1) is 6.42 Å². The highest BCUT2D eigenvalue weighted by atomic mass is 79.9. The van der Waals surface area contributed by atoms with E-state index in [9.17, 15) is 18.0 Å². The van der Waals surface area contributed by atoms with Crippen LogP contribution < -0.4 is 0 Å². The van der Waals surface area contributed by atoms with E-state index in [2.05, 4.69) is 15.9 Å². The van der Waals surface area contributed by atoms with Gasteiger partial charge in [-0.1, -0.05) is 22.0 Å². The summed E-state index contributed by atoms with van der Waals surface area (Å²) in [6, 6.07) is 5.07. The van der Waals surface area contributed by atoms with E-state index in [1.807, 2.05) is 0 Å². The van der Waals surface area contributed by atoms with Gasteiger partial charge in [-0.2, -0.15) is 13.2 Å². The van der Waals surface area contributed by atoms with Crippen molar-refractivity contribution >= 4 is 21.8 Å². The third kappa shape index (κ3) is 4.01. The molecule has 0 aromatic heterocycles. The minimum Gasteiger partial charge on any atom is -0.341 e. The zero-order valence-corrected chi connectivity index (χ0v) is 11.6. The number of rotatable bonds is 3. The standard InChI is InChI=1S/C12H13BrF3NO/c1-8-9(4-3-5-10(8)13)11(18)17(2)7-6-12(14,15)16/h3-5H,6-7H2,1-2H3. The Bertz CT molecular complexity index is 445. The topological polar surface area (TPSA) is 20.3 Å². The fourth-order valence-electron chi connectivity index (χ4n) is 1.44. The van der Waals surface area contributed by atoms with Crippen LogP contribution in [0.1, 0.15) is 22.3 Å². The Labute approximate surface area is 112 Å². The van der Waals surface area contributed by atoms with Gasteiger partial charge in [-0.25, -0.2) is 0 Å². The first-order valence-corrected chi connectivity index (χ1v) is 6.09. The Morgan fingerprint density at radius 2 is 2.00 bits per heavy atom. The molecular formula is C12H13BrF3NO. The summed E-state index contributed by atoms with van der Waals surface area (Å²) >= 11 is 3.28. The van der Waals surface area contributed by atoms with Crippen molar-refractivity contribution in [1.29, 1.82) is 0 Å². The monoisotopic (exact) mass is 323 g/mol. The fraction of sp³-hybridized carbons (Fsp3) is 0.417. The van der Waals surface area contributed by atoms with Crippen molar-refractivity contribution in [2.75, 3.05) is 13.6 Å². The Balaban J connectivity index is 2.78. The SMILES string of the molecule is Cc1c(Br)cccc1C(=O)N(C)CCC(F)(F)F. The van der Waals surface area contributed by atoms with Crippen LogP contribution in [0.15, 0.2) is 22.7 Å². The highest BCUT2D eigenvalue weighted by Crippen LogP contribution is 2.22. The van der Waals surface area contributed by atoms with Crippen molar-refractivity contribution in [3.8, 4) is 0 Å². The zero-order chi connectivity index (χ0) is 13.9. The minimum atomic E-state index is -4.25. The van der Waals surface area contributed by atoms with Crippen molar-refractivity contribution in [3.05, 3.63) is 33.8 Å². The number of hydrogen-bond donors (Lipinski definition) is 0. The molecule has 6 heteroatoms. The molecule has 0 heterocycles. The molecule has 1 rings (SSSR count). The Kier molecular flexibility index (Phi) is 4.78. The first-order chi connectivity index (χ1) is 8.22. The van der Waals surface area contributed by atoms with Gasteiger partial charge < -0.3 is 4.90 Å². The summed E-state index contributed by atoms with van der Waals surface area (Å²) in [7, 11) is 1.37. The number of amides is 1. The molecule has 18 heavy (non-hydrogen) atoms. The van der Waals surface area contributed by atoms with E-state index in [0.717, 1.165) is 14.9 Å². The van der Waals surface area contributed by atoms with Crippen molar-refractivity contribution < 1.29 is 18.0 Å². The second kappa shape index (κ2) is 5.73. The van der Waals surface area contributed by atoms with Gasteiger partial charge in [0.1, 0.15) is 0 Å². The molecule has 0 saturated heterocycles. The van der Waals surface area contributed by atoms with Crippen LogP contribution in [0.2, 0.25) is 0 Å². The molecule has 100 valence electrons. The molecule has 1 aromatic rings. The van der Waals surface area contributed by atoms with Crippen molar-refractivity contribution in [1.82, 2.24) is 4.90 Å². The molecule has 0 bridgehead atoms. The molecule has 0 aliphatic carbocycles. The van der Waals surface area contributed by atoms with E-state index >= 15 is 0 Å². The number of nitrogens with zero attached hydrogens (tertiary/aromatic N) is 1. The fourth-order valence-corrected chi connectivity index (χ4v) is 1.81. The number of carbonyl (C=O) groups is 1. The molecule has 0 spiro atoms. The molecule has 0 N–H and O–H groups in total. The van der Waals surface area contributed by atoms with E-state index in [1.165, 1.54) is 7.05 Å². The molecule has 0 radical (unpaired) electrons. The summed E-state index contributed by atoms with van der Waals surface area (Å²) < 4.78 is 37.0. The highest BCUT2D eigenvalue weighted by Gasteiger charge is 2.28. The second-order valence-electron chi connectivity index (χ2n) is 4.00. The molecule has 0 saturated carbocycles. The van der Waals surface area contributed by atoms with Gasteiger partial charge >= 0.3 is 6.18 Å². The third-order valence-electron chi connectivity index (χ3n) is 2.58. The van der Waals surface area contributed by atoms with Gasteiger partial charge in [-0.05, 0) is 24.6 Å². The van der Waals surface area contributed by atoms with Gasteiger partial charge in [-0.3, -0.25) is 4.79 Å². The molecule has 0 fully saturated rings. The van der Waals surface area contributed by atoms with Gasteiger partial charge in [0.25, 0.3) is 5.91 Å². The first-order valence-electron chi connectivity index (χ1n) is 5.29. The molecular weight excluding hydrogens is 311 g/mol. The van der Waals surface area contributed by atoms with Crippen LogP contribution in [-0.4, -0.2) is 30.6 Å². The van der Waals surface area contributed by atoms with E-state index in [-0.39, 0.29) is 6.54 Å². The van der Waals surface area contributed by atoms with Crippen LogP contribution in [0.5, 0.6) is 0 Å². The maximum absolute atomic E-state index is 12.1. The molecule has 0 aliphatic rings. The smallest absolute Gasteiger partial charge is 0.341 e. The predicted molar refractivity (Wildman–Crippen MR) is 66.5 cm³/mol. The van der Waals surface area contributed by atoms with Crippen LogP contribution in [0.4, 0.5) is 13.2 Å². The number of benzene rings is 1. The summed E-state index contributed by atoms with van der Waals surface area (Å²) in [5.74, 6) is -0.405. The number of halogens is 4. The van der Waals surface area contributed by atoms with Gasteiger partial charge in [0, 0.05) is 23.6 Å². The second-order valence-corrected chi connectivity index (χ2v) is 4.86. The lowest BCUT2D eigenvalue weighted by Gasteiger charge is -2.19. The lowest BCUT2D eigenvalue weighted by atomic mass is 10.1. The average molecular weight is 324 g/mol.